The average Bonchev–Trinajstić information content (AvgIpc) is 3.05. The van der Waals surface area contributed by atoms with Gasteiger partial charge >= 0.3 is 0 Å². The summed E-state index contributed by atoms with van der Waals surface area (Å²) >= 11 is 0. The Balaban J connectivity index is 1.61. The largest absolute Gasteiger partial charge is 0.496 e. The van der Waals surface area contributed by atoms with Crippen LogP contribution in [0.4, 0.5) is 11.4 Å². The summed E-state index contributed by atoms with van der Waals surface area (Å²) in [5.41, 5.74) is 1.90. The van der Waals surface area contributed by atoms with E-state index in [1.54, 1.807) is 49.4 Å². The Kier molecular flexibility index (Phi) is 5.61. The zero-order chi connectivity index (χ0) is 23.7. The predicted molar refractivity (Wildman–Crippen MR) is 119 cm³/mol. The smallest absolute Gasteiger partial charge is 0.274 e. The van der Waals surface area contributed by atoms with E-state index in [9.17, 15) is 24.5 Å². The molecule has 0 saturated carbocycles. The second kappa shape index (κ2) is 8.54. The van der Waals surface area contributed by atoms with E-state index in [0.717, 1.165) is 4.90 Å². The van der Waals surface area contributed by atoms with E-state index in [1.165, 1.54) is 25.3 Å². The van der Waals surface area contributed by atoms with E-state index in [-0.39, 0.29) is 23.5 Å². The molecule has 1 heterocycles. The first-order chi connectivity index (χ1) is 15.8. The van der Waals surface area contributed by atoms with Crippen LogP contribution in [-0.4, -0.2) is 34.7 Å². The van der Waals surface area contributed by atoms with Gasteiger partial charge in [0.1, 0.15) is 5.75 Å². The van der Waals surface area contributed by atoms with Gasteiger partial charge in [-0.3, -0.25) is 29.4 Å². The van der Waals surface area contributed by atoms with E-state index in [2.05, 4.69) is 5.32 Å². The van der Waals surface area contributed by atoms with E-state index in [0.29, 0.717) is 27.9 Å². The van der Waals surface area contributed by atoms with E-state index in [1.807, 2.05) is 0 Å². The van der Waals surface area contributed by atoms with Gasteiger partial charge in [0.25, 0.3) is 23.4 Å². The average molecular weight is 445 g/mol. The van der Waals surface area contributed by atoms with Crippen LogP contribution >= 0.6 is 0 Å². The van der Waals surface area contributed by atoms with Crippen LogP contribution in [0.1, 0.15) is 42.2 Å². The number of methoxy groups -OCH3 is 1. The lowest BCUT2D eigenvalue weighted by molar-refractivity contribution is -0.385. The monoisotopic (exact) mass is 445 g/mol. The fourth-order valence-corrected chi connectivity index (χ4v) is 3.74. The van der Waals surface area contributed by atoms with Gasteiger partial charge in [-0.2, -0.15) is 0 Å². The Morgan fingerprint density at radius 2 is 1.70 bits per heavy atom. The zero-order valence-electron chi connectivity index (χ0n) is 17.8. The third-order valence-corrected chi connectivity index (χ3v) is 5.48. The first-order valence-corrected chi connectivity index (χ1v) is 9.99. The molecule has 4 rings (SSSR count). The van der Waals surface area contributed by atoms with Gasteiger partial charge in [-0.1, -0.05) is 24.3 Å². The number of amides is 3. The second-order valence-electron chi connectivity index (χ2n) is 7.44. The number of benzene rings is 3. The van der Waals surface area contributed by atoms with Gasteiger partial charge < -0.3 is 10.1 Å². The molecule has 3 amide bonds. The summed E-state index contributed by atoms with van der Waals surface area (Å²) in [6, 6.07) is 15.8. The fraction of sp³-hybridized carbons (Fsp3) is 0.125. The number of imide groups is 1. The van der Waals surface area contributed by atoms with Crippen LogP contribution in [0.2, 0.25) is 0 Å². The number of hydrogen-bond donors (Lipinski definition) is 1. The molecular weight excluding hydrogens is 426 g/mol. The molecule has 0 bridgehead atoms. The van der Waals surface area contributed by atoms with Gasteiger partial charge in [-0.05, 0) is 42.8 Å². The van der Waals surface area contributed by atoms with Gasteiger partial charge in [0.2, 0.25) is 0 Å². The SMILES string of the molecule is COc1ccc(CN2C(=O)c3ccccc3C2=O)cc1C(=O)Nc1cccc([N+](=O)[O-])c1C. The van der Waals surface area contributed by atoms with Crippen molar-refractivity contribution in [2.24, 2.45) is 0 Å². The van der Waals surface area contributed by atoms with E-state index >= 15 is 0 Å². The summed E-state index contributed by atoms with van der Waals surface area (Å²) in [5.74, 6) is -1.06. The molecule has 0 aromatic heterocycles. The van der Waals surface area contributed by atoms with E-state index in [4.69, 9.17) is 4.74 Å². The summed E-state index contributed by atoms with van der Waals surface area (Å²) in [6.45, 7) is 1.52. The van der Waals surface area contributed by atoms with Crippen molar-refractivity contribution >= 4 is 29.1 Å². The molecule has 3 aromatic rings. The maximum Gasteiger partial charge on any atom is 0.274 e. The highest BCUT2D eigenvalue weighted by Gasteiger charge is 2.35. The maximum absolute atomic E-state index is 13.0. The van der Waals surface area contributed by atoms with Crippen molar-refractivity contribution < 1.29 is 24.0 Å². The molecule has 1 aliphatic heterocycles. The quantitative estimate of drug-likeness (QED) is 0.348. The Bertz CT molecular complexity index is 1280. The van der Waals surface area contributed by atoms with Crippen LogP contribution in [-0.2, 0) is 6.54 Å². The first kappa shape index (κ1) is 21.7. The van der Waals surface area contributed by atoms with Crippen molar-refractivity contribution in [3.63, 3.8) is 0 Å². The molecule has 0 radical (unpaired) electrons. The topological polar surface area (TPSA) is 119 Å². The van der Waals surface area contributed by atoms with Crippen molar-refractivity contribution in [2.45, 2.75) is 13.5 Å². The van der Waals surface area contributed by atoms with Gasteiger partial charge in [0.05, 0.1) is 46.5 Å². The minimum Gasteiger partial charge on any atom is -0.496 e. The number of rotatable bonds is 6. The van der Waals surface area contributed by atoms with Crippen LogP contribution in [0, 0.1) is 17.0 Å². The lowest BCUT2D eigenvalue weighted by atomic mass is 10.1. The Labute approximate surface area is 188 Å². The van der Waals surface area contributed by atoms with Gasteiger partial charge in [-0.15, -0.1) is 0 Å². The summed E-state index contributed by atoms with van der Waals surface area (Å²) in [4.78, 5) is 50.1. The standard InChI is InChI=1S/C24H19N3O6/c1-14-19(8-5-9-20(14)27(31)32)25-22(28)18-12-15(10-11-21(18)33-2)13-26-23(29)16-6-3-4-7-17(16)24(26)30/h3-12H,13H2,1-2H3,(H,25,28). The lowest BCUT2D eigenvalue weighted by Gasteiger charge is -2.16. The van der Waals surface area contributed by atoms with Crippen molar-refractivity contribution in [1.29, 1.82) is 0 Å². The van der Waals surface area contributed by atoms with E-state index < -0.39 is 22.6 Å². The summed E-state index contributed by atoms with van der Waals surface area (Å²) < 4.78 is 5.30. The molecule has 166 valence electrons. The molecule has 0 atom stereocenters. The number of anilines is 1. The Morgan fingerprint density at radius 3 is 2.30 bits per heavy atom. The summed E-state index contributed by atoms with van der Waals surface area (Å²) in [5, 5.41) is 13.9. The molecule has 0 fully saturated rings. The van der Waals surface area contributed by atoms with Crippen LogP contribution < -0.4 is 10.1 Å². The van der Waals surface area contributed by atoms with Gasteiger partial charge in [-0.25, -0.2) is 0 Å². The number of hydrogen-bond acceptors (Lipinski definition) is 6. The highest BCUT2D eigenvalue weighted by atomic mass is 16.6. The molecular formula is C24H19N3O6. The minimum absolute atomic E-state index is 0.0214. The fourth-order valence-electron chi connectivity index (χ4n) is 3.74. The highest BCUT2D eigenvalue weighted by molar-refractivity contribution is 6.21. The number of nitrogens with zero attached hydrogens (tertiary/aromatic N) is 2. The first-order valence-electron chi connectivity index (χ1n) is 9.99. The second-order valence-corrected chi connectivity index (χ2v) is 7.44. The lowest BCUT2D eigenvalue weighted by Crippen LogP contribution is -2.29. The number of carbonyl (C=O) groups is 3. The molecule has 33 heavy (non-hydrogen) atoms. The third kappa shape index (κ3) is 3.91. The van der Waals surface area contributed by atoms with Crippen molar-refractivity contribution in [3.8, 4) is 5.75 Å². The maximum atomic E-state index is 13.0. The Morgan fingerprint density at radius 1 is 1.03 bits per heavy atom. The van der Waals surface area contributed by atoms with Crippen LogP contribution in [0.25, 0.3) is 0 Å². The highest BCUT2D eigenvalue weighted by Crippen LogP contribution is 2.29. The molecule has 0 spiro atoms. The molecule has 9 nitrogen and oxygen atoms in total. The number of carbonyl (C=O) groups excluding carboxylic acids is 3. The van der Waals surface area contributed by atoms with Crippen molar-refractivity contribution in [3.05, 3.63) is 98.6 Å². The molecule has 0 aliphatic carbocycles. The number of ether oxygens (including phenoxy) is 1. The molecule has 0 unspecified atom stereocenters. The van der Waals surface area contributed by atoms with Crippen LogP contribution in [0.15, 0.2) is 60.7 Å². The minimum atomic E-state index is -0.542. The van der Waals surface area contributed by atoms with Crippen LogP contribution in [0.5, 0.6) is 5.75 Å². The molecule has 9 heteroatoms. The van der Waals surface area contributed by atoms with Gasteiger partial charge in [0.15, 0.2) is 0 Å². The zero-order valence-corrected chi connectivity index (χ0v) is 17.8. The summed E-state index contributed by atoms with van der Waals surface area (Å²) in [7, 11) is 1.41. The molecule has 1 aliphatic rings. The van der Waals surface area contributed by atoms with Gasteiger partial charge in [0, 0.05) is 6.07 Å². The normalized spacial score (nSPS) is 12.5. The van der Waals surface area contributed by atoms with Crippen molar-refractivity contribution in [1.82, 2.24) is 4.90 Å². The summed E-state index contributed by atoms with van der Waals surface area (Å²) in [6.07, 6.45) is 0. The number of nitro groups is 1. The number of nitrogens with one attached hydrogen (secondary N) is 1. The molecule has 3 aromatic carbocycles. The Hall–Kier alpha value is -4.53. The molecule has 0 saturated heterocycles. The molecule has 1 N–H and O–H groups in total. The van der Waals surface area contributed by atoms with Crippen LogP contribution in [0.3, 0.4) is 0 Å². The van der Waals surface area contributed by atoms with Crippen molar-refractivity contribution in [2.75, 3.05) is 12.4 Å². The number of fused-ring (bicyclic) bond motifs is 1. The number of nitro benzene ring substituents is 1. The predicted octanol–water partition coefficient (Wildman–Crippen LogP) is 3.96. The third-order valence-electron chi connectivity index (χ3n) is 5.48.